The van der Waals surface area contributed by atoms with Gasteiger partial charge in [0.1, 0.15) is 5.71 Å². The van der Waals surface area contributed by atoms with E-state index in [1.165, 1.54) is 0 Å². The van der Waals surface area contributed by atoms with Crippen LogP contribution in [0.15, 0.2) is 24.6 Å². The summed E-state index contributed by atoms with van der Waals surface area (Å²) in [6, 6.07) is 0. The number of halogens is 7. The van der Waals surface area contributed by atoms with Gasteiger partial charge in [-0.15, -0.1) is 0 Å². The smallest absolute Gasteiger partial charge is 0.175 e. The summed E-state index contributed by atoms with van der Waals surface area (Å²) in [5.41, 5.74) is 0.0434. The Morgan fingerprint density at radius 1 is 0.857 bits per heavy atom. The van der Waals surface area contributed by atoms with Gasteiger partial charge in [-0.2, -0.15) is 4.51 Å². The van der Waals surface area contributed by atoms with Gasteiger partial charge in [0.15, 0.2) is 4.33 Å². The van der Waals surface area contributed by atoms with Gasteiger partial charge in [-0.3, -0.25) is 0 Å². The Morgan fingerprint density at radius 2 is 1.21 bits per heavy atom. The first-order valence-electron chi connectivity index (χ1n) is 3.03. The van der Waals surface area contributed by atoms with E-state index in [9.17, 15) is 0 Å². The van der Waals surface area contributed by atoms with Gasteiger partial charge in [0.25, 0.3) is 0 Å². The first-order valence-corrected chi connectivity index (χ1v) is 5.63. The van der Waals surface area contributed by atoms with Crippen LogP contribution in [0.3, 0.4) is 0 Å². The molecule has 1 aliphatic carbocycles. The molecule has 0 amide bonds. The van der Waals surface area contributed by atoms with Gasteiger partial charge >= 0.3 is 0 Å². The van der Waals surface area contributed by atoms with E-state index >= 15 is 0 Å². The van der Waals surface area contributed by atoms with Gasteiger partial charge in [-0.1, -0.05) is 69.6 Å². The lowest BCUT2D eigenvalue weighted by molar-refractivity contribution is 1.18. The quantitative estimate of drug-likeness (QED) is 0.544. The van der Waals surface area contributed by atoms with E-state index in [-0.39, 0.29) is 25.8 Å². The van der Waals surface area contributed by atoms with Crippen LogP contribution in [0.4, 0.5) is 0 Å². The lowest BCUT2D eigenvalue weighted by atomic mass is 10.1. The van der Waals surface area contributed by atoms with Crippen LogP contribution in [0, 0.1) is 0 Å². The molecule has 1 aliphatic rings. The highest BCUT2D eigenvalue weighted by atomic mass is 35.5. The van der Waals surface area contributed by atoms with Gasteiger partial charge in [0, 0.05) is 11.8 Å². The Kier molecular flexibility index (Phi) is 4.34. The van der Waals surface area contributed by atoms with Crippen LogP contribution in [0.1, 0.15) is 0 Å². The maximum atomic E-state index is 5.80. The minimum atomic E-state index is -1.65. The average molecular weight is 334 g/mol. The molecule has 0 aliphatic heterocycles. The third-order valence-electron chi connectivity index (χ3n) is 1.44. The van der Waals surface area contributed by atoms with E-state index in [1.54, 1.807) is 0 Å². The Balaban J connectivity index is 3.45. The van der Waals surface area contributed by atoms with Gasteiger partial charge < -0.3 is 0 Å². The molecule has 0 fully saturated rings. The number of rotatable bonds is 0. The third kappa shape index (κ3) is 2.01. The van der Waals surface area contributed by atoms with Crippen molar-refractivity contribution in [2.75, 3.05) is 0 Å². The standard InChI is InChI=1S/C6Cl7N/c7-1-3(14-13)2(8)5(10)6(11,12)4(1)9. The lowest BCUT2D eigenvalue weighted by Crippen LogP contribution is -2.23. The second-order valence-corrected chi connectivity index (χ2v) is 5.27. The van der Waals surface area contributed by atoms with Crippen molar-refractivity contribution >= 4 is 87.1 Å². The molecule has 0 saturated heterocycles. The number of hydrogen-bond donors (Lipinski definition) is 0. The monoisotopic (exact) mass is 331 g/mol. The zero-order chi connectivity index (χ0) is 11.1. The molecule has 0 aromatic heterocycles. The Hall–Kier alpha value is 1.18. The summed E-state index contributed by atoms with van der Waals surface area (Å²) >= 11 is 39.9. The van der Waals surface area contributed by atoms with Gasteiger partial charge in [-0.25, -0.2) is 0 Å². The predicted molar refractivity (Wildman–Crippen MR) is 65.2 cm³/mol. The van der Waals surface area contributed by atoms with Gasteiger partial charge in [0.2, 0.25) is 0 Å². The van der Waals surface area contributed by atoms with Gasteiger partial charge in [0.05, 0.1) is 20.1 Å². The average Bonchev–Trinajstić information content (AvgIpc) is 2.14. The molecule has 0 aromatic carbocycles. The first kappa shape index (κ1) is 13.2. The number of alkyl halides is 2. The summed E-state index contributed by atoms with van der Waals surface area (Å²) in [5, 5.41) is -0.227. The summed E-state index contributed by atoms with van der Waals surface area (Å²) in [5.74, 6) is 0. The zero-order valence-corrected chi connectivity index (χ0v) is 11.4. The van der Waals surface area contributed by atoms with E-state index in [1.807, 2.05) is 0 Å². The van der Waals surface area contributed by atoms with E-state index in [2.05, 4.69) is 4.51 Å². The van der Waals surface area contributed by atoms with Gasteiger partial charge in [-0.05, 0) is 0 Å². The molecule has 0 aromatic rings. The summed E-state index contributed by atoms with van der Waals surface area (Å²) in [6.07, 6.45) is 0. The molecule has 78 valence electrons. The molecule has 0 atom stereocenters. The van der Waals surface area contributed by atoms with E-state index < -0.39 is 4.33 Å². The van der Waals surface area contributed by atoms with Crippen molar-refractivity contribution in [1.29, 1.82) is 0 Å². The second kappa shape index (κ2) is 4.58. The highest BCUT2D eigenvalue weighted by Gasteiger charge is 2.42. The minimum absolute atomic E-state index is 0.0268. The summed E-state index contributed by atoms with van der Waals surface area (Å²) in [4.78, 5) is 0. The Labute approximate surface area is 115 Å². The third-order valence-corrected chi connectivity index (χ3v) is 4.62. The Morgan fingerprint density at radius 3 is 1.50 bits per heavy atom. The maximum absolute atomic E-state index is 5.80. The molecule has 0 bridgehead atoms. The number of nitrogens with zero attached hydrogens (tertiary/aromatic N) is 1. The number of allylic oxidation sites excluding steroid dienone is 4. The van der Waals surface area contributed by atoms with E-state index in [4.69, 9.17) is 81.4 Å². The molecule has 1 nitrogen and oxygen atoms in total. The highest BCUT2D eigenvalue weighted by molar-refractivity contribution is 6.70. The van der Waals surface area contributed by atoms with Crippen molar-refractivity contribution < 1.29 is 0 Å². The molecule has 0 heterocycles. The first-order chi connectivity index (χ1) is 6.34. The molecule has 1 rings (SSSR count). The van der Waals surface area contributed by atoms with E-state index in [0.29, 0.717) is 0 Å². The highest BCUT2D eigenvalue weighted by Crippen LogP contribution is 2.50. The summed E-state index contributed by atoms with van der Waals surface area (Å²) in [7, 11) is 0. The van der Waals surface area contributed by atoms with Crippen molar-refractivity contribution in [1.82, 2.24) is 0 Å². The van der Waals surface area contributed by atoms with Crippen LogP contribution >= 0.6 is 81.4 Å². The molecule has 0 N–H and O–H groups in total. The largest absolute Gasteiger partial charge is 0.191 e. The molecule has 14 heavy (non-hydrogen) atoms. The molecular formula is C6Cl7N. The van der Waals surface area contributed by atoms with Crippen molar-refractivity contribution in [2.24, 2.45) is 4.51 Å². The van der Waals surface area contributed by atoms with Crippen LogP contribution in [0.25, 0.3) is 0 Å². The van der Waals surface area contributed by atoms with Crippen LogP contribution in [-0.4, -0.2) is 10.0 Å². The van der Waals surface area contributed by atoms with Crippen LogP contribution in [0.5, 0.6) is 0 Å². The van der Waals surface area contributed by atoms with Crippen molar-refractivity contribution in [3.8, 4) is 0 Å². The maximum Gasteiger partial charge on any atom is 0.191 e. The van der Waals surface area contributed by atoms with Crippen LogP contribution < -0.4 is 0 Å². The van der Waals surface area contributed by atoms with Crippen LogP contribution in [-0.2, 0) is 0 Å². The minimum Gasteiger partial charge on any atom is -0.175 e. The summed E-state index contributed by atoms with van der Waals surface area (Å²) in [6.45, 7) is 0. The van der Waals surface area contributed by atoms with E-state index in [0.717, 1.165) is 0 Å². The Bertz CT molecular complexity index is 334. The molecule has 0 saturated carbocycles. The van der Waals surface area contributed by atoms with Crippen molar-refractivity contribution in [2.45, 2.75) is 4.33 Å². The predicted octanol–water partition coefficient (Wildman–Crippen LogP) is 5.15. The normalized spacial score (nSPS) is 21.8. The fourth-order valence-electron chi connectivity index (χ4n) is 0.750. The fourth-order valence-corrected chi connectivity index (χ4v) is 2.60. The molecule has 0 spiro atoms. The van der Waals surface area contributed by atoms with Crippen molar-refractivity contribution in [3.05, 3.63) is 20.1 Å². The topological polar surface area (TPSA) is 12.4 Å². The lowest BCUT2D eigenvalue weighted by Gasteiger charge is -2.25. The van der Waals surface area contributed by atoms with Crippen molar-refractivity contribution in [3.63, 3.8) is 0 Å². The number of hydrogen-bond acceptors (Lipinski definition) is 1. The summed E-state index contributed by atoms with van der Waals surface area (Å²) < 4.78 is 1.65. The molecular weight excluding hydrogens is 334 g/mol. The zero-order valence-electron chi connectivity index (χ0n) is 6.09. The second-order valence-electron chi connectivity index (χ2n) is 2.26. The molecule has 8 heteroatoms. The SMILES string of the molecule is ClN=C1C(Cl)=C(Cl)C(Cl)(Cl)C(Cl)=C1Cl. The van der Waals surface area contributed by atoms with Crippen LogP contribution in [0.2, 0.25) is 0 Å². The fraction of sp³-hybridized carbons (Fsp3) is 0.167. The molecule has 0 radical (unpaired) electrons. The molecule has 0 unspecified atom stereocenters.